The molecular weight excluding hydrogens is 276 g/mol. The monoisotopic (exact) mass is 286 g/mol. The molecule has 0 spiro atoms. The van der Waals surface area contributed by atoms with Crippen molar-refractivity contribution in [3.05, 3.63) is 47.8 Å². The Morgan fingerprint density at radius 3 is 2.40 bits per heavy atom. The Morgan fingerprint density at radius 1 is 1.05 bits per heavy atom. The van der Waals surface area contributed by atoms with E-state index in [2.05, 4.69) is 4.74 Å². The summed E-state index contributed by atoms with van der Waals surface area (Å²) in [5, 5.41) is 9.35. The topological polar surface area (TPSA) is 29.5 Å². The van der Waals surface area contributed by atoms with Crippen molar-refractivity contribution in [3.63, 3.8) is 0 Å². The van der Waals surface area contributed by atoms with E-state index in [1.54, 1.807) is 13.0 Å². The lowest BCUT2D eigenvalue weighted by Gasteiger charge is -2.12. The minimum absolute atomic E-state index is 0.136. The molecule has 0 aliphatic rings. The van der Waals surface area contributed by atoms with Crippen LogP contribution in [0.15, 0.2) is 36.4 Å². The molecule has 0 atom stereocenters. The van der Waals surface area contributed by atoms with Gasteiger partial charge in [-0.3, -0.25) is 0 Å². The molecule has 0 aliphatic carbocycles. The molecule has 0 heterocycles. The summed E-state index contributed by atoms with van der Waals surface area (Å²) >= 11 is 0. The molecule has 2 aromatic rings. The number of aryl methyl sites for hydroxylation is 1. The molecule has 2 aromatic carbocycles. The van der Waals surface area contributed by atoms with E-state index in [9.17, 15) is 22.7 Å². The number of phenols is 1. The van der Waals surface area contributed by atoms with Gasteiger partial charge in [0.05, 0.1) is 0 Å². The number of rotatable bonds is 2. The first-order valence-corrected chi connectivity index (χ1v) is 5.61. The number of hydrogen-bond acceptors (Lipinski definition) is 2. The Labute approximate surface area is 112 Å². The molecule has 2 rings (SSSR count). The van der Waals surface area contributed by atoms with E-state index in [1.165, 1.54) is 18.2 Å². The van der Waals surface area contributed by atoms with Crippen LogP contribution in [0.3, 0.4) is 0 Å². The summed E-state index contributed by atoms with van der Waals surface area (Å²) in [6, 6.07) is 7.56. The highest BCUT2D eigenvalue weighted by molar-refractivity contribution is 5.68. The smallest absolute Gasteiger partial charge is 0.504 e. The third kappa shape index (κ3) is 3.20. The molecule has 6 heteroatoms. The highest BCUT2D eigenvalue weighted by atomic mass is 19.4. The Morgan fingerprint density at radius 2 is 1.75 bits per heavy atom. The molecule has 0 aromatic heterocycles. The number of alkyl halides is 3. The summed E-state index contributed by atoms with van der Waals surface area (Å²) in [6.45, 7) is 1.73. The highest BCUT2D eigenvalue weighted by Gasteiger charge is 2.32. The number of halogens is 4. The van der Waals surface area contributed by atoms with Gasteiger partial charge in [-0.15, -0.1) is 13.2 Å². The number of aromatic hydroxyl groups is 1. The van der Waals surface area contributed by atoms with Crippen molar-refractivity contribution in [3.8, 4) is 22.6 Å². The first-order chi connectivity index (χ1) is 9.26. The van der Waals surface area contributed by atoms with Crippen LogP contribution in [0.5, 0.6) is 11.5 Å². The van der Waals surface area contributed by atoms with E-state index < -0.39 is 23.7 Å². The maximum Gasteiger partial charge on any atom is 0.573 e. The van der Waals surface area contributed by atoms with Crippen LogP contribution in [0, 0.1) is 12.7 Å². The molecule has 0 fully saturated rings. The Bertz CT molecular complexity index is 636. The molecule has 0 bridgehead atoms. The Hall–Kier alpha value is -2.24. The lowest BCUT2D eigenvalue weighted by atomic mass is 10.0. The van der Waals surface area contributed by atoms with Crippen LogP contribution in [0.25, 0.3) is 11.1 Å². The lowest BCUT2D eigenvalue weighted by molar-refractivity contribution is -0.275. The minimum atomic E-state index is -4.93. The molecule has 0 amide bonds. The molecule has 20 heavy (non-hydrogen) atoms. The van der Waals surface area contributed by atoms with Gasteiger partial charge in [-0.2, -0.15) is 0 Å². The van der Waals surface area contributed by atoms with Gasteiger partial charge in [-0.1, -0.05) is 17.7 Å². The van der Waals surface area contributed by atoms with Crippen molar-refractivity contribution < 1.29 is 27.4 Å². The lowest BCUT2D eigenvalue weighted by Crippen LogP contribution is -2.17. The van der Waals surface area contributed by atoms with Crippen LogP contribution >= 0.6 is 0 Å². The fourth-order valence-corrected chi connectivity index (χ4v) is 1.75. The molecule has 0 unspecified atom stereocenters. The van der Waals surface area contributed by atoms with Crippen LogP contribution in [-0.4, -0.2) is 11.5 Å². The van der Waals surface area contributed by atoms with Gasteiger partial charge < -0.3 is 9.84 Å². The minimum Gasteiger partial charge on any atom is -0.504 e. The normalized spacial score (nSPS) is 11.4. The summed E-state index contributed by atoms with van der Waals surface area (Å²) < 4.78 is 54.0. The van der Waals surface area contributed by atoms with Crippen LogP contribution in [0.2, 0.25) is 0 Å². The van der Waals surface area contributed by atoms with Crippen molar-refractivity contribution >= 4 is 0 Å². The number of phenolic OH excluding ortho intramolecular Hbond substituents is 1. The van der Waals surface area contributed by atoms with Crippen LogP contribution < -0.4 is 4.74 Å². The standard InChI is InChI=1S/C14H10F4O2/c1-8-2-4-11(15)10(6-8)9-3-5-12(19)13(7-9)20-14(16,17)18/h2-7,19H,1H3. The second kappa shape index (κ2) is 5.03. The van der Waals surface area contributed by atoms with E-state index >= 15 is 0 Å². The Balaban J connectivity index is 2.48. The van der Waals surface area contributed by atoms with Crippen molar-refractivity contribution in [2.24, 2.45) is 0 Å². The summed E-state index contributed by atoms with van der Waals surface area (Å²) in [5.41, 5.74) is 1.08. The fraction of sp³-hybridized carbons (Fsp3) is 0.143. The summed E-state index contributed by atoms with van der Waals surface area (Å²) in [7, 11) is 0. The molecule has 0 radical (unpaired) electrons. The van der Waals surface area contributed by atoms with Gasteiger partial charge in [-0.05, 0) is 36.8 Å². The van der Waals surface area contributed by atoms with Crippen LogP contribution in [-0.2, 0) is 0 Å². The first-order valence-electron chi connectivity index (χ1n) is 5.61. The molecular formula is C14H10F4O2. The summed E-state index contributed by atoms with van der Waals surface area (Å²) in [6.07, 6.45) is -4.93. The first kappa shape index (κ1) is 14.2. The van der Waals surface area contributed by atoms with Crippen molar-refractivity contribution in [2.45, 2.75) is 13.3 Å². The predicted molar refractivity (Wildman–Crippen MR) is 64.9 cm³/mol. The van der Waals surface area contributed by atoms with Gasteiger partial charge in [0.15, 0.2) is 11.5 Å². The molecule has 0 aliphatic heterocycles. The largest absolute Gasteiger partial charge is 0.573 e. The fourth-order valence-electron chi connectivity index (χ4n) is 1.75. The quantitative estimate of drug-likeness (QED) is 0.829. The maximum absolute atomic E-state index is 13.7. The van der Waals surface area contributed by atoms with E-state index in [4.69, 9.17) is 0 Å². The Kier molecular flexibility index (Phi) is 3.57. The number of ether oxygens (including phenoxy) is 1. The third-order valence-corrected chi connectivity index (χ3v) is 2.62. The van der Waals surface area contributed by atoms with Crippen LogP contribution in [0.1, 0.15) is 5.56 Å². The van der Waals surface area contributed by atoms with Gasteiger partial charge in [-0.25, -0.2) is 4.39 Å². The molecule has 0 saturated carbocycles. The van der Waals surface area contributed by atoms with Gasteiger partial charge in [0.25, 0.3) is 0 Å². The molecule has 2 nitrogen and oxygen atoms in total. The van der Waals surface area contributed by atoms with E-state index in [0.29, 0.717) is 0 Å². The third-order valence-electron chi connectivity index (χ3n) is 2.62. The number of benzene rings is 2. The average Bonchev–Trinajstić information content (AvgIpc) is 2.33. The zero-order chi connectivity index (χ0) is 14.9. The van der Waals surface area contributed by atoms with Crippen molar-refractivity contribution in [2.75, 3.05) is 0 Å². The van der Waals surface area contributed by atoms with E-state index in [1.807, 2.05) is 0 Å². The van der Waals surface area contributed by atoms with Gasteiger partial charge in [0, 0.05) is 5.56 Å². The zero-order valence-corrected chi connectivity index (χ0v) is 10.3. The maximum atomic E-state index is 13.7. The van der Waals surface area contributed by atoms with E-state index in [0.717, 1.165) is 17.7 Å². The SMILES string of the molecule is Cc1ccc(F)c(-c2ccc(O)c(OC(F)(F)F)c2)c1. The summed E-state index contributed by atoms with van der Waals surface area (Å²) in [5.74, 6) is -2.01. The van der Waals surface area contributed by atoms with Gasteiger partial charge in [0.2, 0.25) is 0 Å². The second-order valence-electron chi connectivity index (χ2n) is 4.21. The van der Waals surface area contributed by atoms with Gasteiger partial charge in [0.1, 0.15) is 5.82 Å². The van der Waals surface area contributed by atoms with Gasteiger partial charge >= 0.3 is 6.36 Å². The highest BCUT2D eigenvalue weighted by Crippen LogP contribution is 2.36. The van der Waals surface area contributed by atoms with E-state index in [-0.39, 0.29) is 11.1 Å². The second-order valence-corrected chi connectivity index (χ2v) is 4.21. The molecule has 0 saturated heterocycles. The molecule has 1 N–H and O–H groups in total. The summed E-state index contributed by atoms with van der Waals surface area (Å²) in [4.78, 5) is 0. The number of hydrogen-bond donors (Lipinski definition) is 1. The average molecular weight is 286 g/mol. The predicted octanol–water partition coefficient (Wildman–Crippen LogP) is 4.41. The van der Waals surface area contributed by atoms with Crippen LogP contribution in [0.4, 0.5) is 17.6 Å². The van der Waals surface area contributed by atoms with Crippen molar-refractivity contribution in [1.82, 2.24) is 0 Å². The zero-order valence-electron chi connectivity index (χ0n) is 10.3. The molecule has 106 valence electrons. The van der Waals surface area contributed by atoms with Crippen molar-refractivity contribution in [1.29, 1.82) is 0 Å².